The van der Waals surface area contributed by atoms with Crippen LogP contribution in [0.25, 0.3) is 5.78 Å². The van der Waals surface area contributed by atoms with Gasteiger partial charge in [-0.25, -0.2) is 9.50 Å². The van der Waals surface area contributed by atoms with Crippen molar-refractivity contribution in [1.29, 1.82) is 0 Å². The van der Waals surface area contributed by atoms with E-state index in [9.17, 15) is 4.79 Å². The third kappa shape index (κ3) is 4.36. The van der Waals surface area contributed by atoms with Crippen molar-refractivity contribution in [2.45, 2.75) is 38.1 Å². The van der Waals surface area contributed by atoms with E-state index >= 15 is 0 Å². The molecule has 1 atom stereocenters. The van der Waals surface area contributed by atoms with E-state index < -0.39 is 5.25 Å². The summed E-state index contributed by atoms with van der Waals surface area (Å²) in [6.07, 6.45) is 0. The van der Waals surface area contributed by atoms with Gasteiger partial charge in [-0.1, -0.05) is 48.2 Å². The van der Waals surface area contributed by atoms with Gasteiger partial charge in [-0.3, -0.25) is 4.79 Å². The molecular weight excluding hydrogens is 394 g/mol. The van der Waals surface area contributed by atoms with Crippen LogP contribution in [0.4, 0.5) is 5.69 Å². The molecule has 2 aromatic carbocycles. The van der Waals surface area contributed by atoms with Crippen molar-refractivity contribution in [3.05, 3.63) is 82.7 Å². The van der Waals surface area contributed by atoms with Gasteiger partial charge in [0.05, 0.1) is 0 Å². The number of benzene rings is 2. The van der Waals surface area contributed by atoms with Gasteiger partial charge in [0.2, 0.25) is 11.1 Å². The molecule has 0 spiro atoms. The maximum atomic E-state index is 13.3. The molecule has 0 saturated heterocycles. The second kappa shape index (κ2) is 8.28. The van der Waals surface area contributed by atoms with Gasteiger partial charge in [0.1, 0.15) is 5.25 Å². The van der Waals surface area contributed by atoms with Gasteiger partial charge < -0.3 is 5.32 Å². The Hall–Kier alpha value is -3.19. The number of carbonyl (C=O) groups is 1. The second-order valence-corrected chi connectivity index (χ2v) is 8.49. The van der Waals surface area contributed by atoms with Crippen molar-refractivity contribution in [2.24, 2.45) is 0 Å². The first-order valence-corrected chi connectivity index (χ1v) is 10.6. The average Bonchev–Trinajstić information content (AvgIpc) is 3.09. The molecule has 6 nitrogen and oxygen atoms in total. The molecule has 4 rings (SSSR count). The highest BCUT2D eigenvalue weighted by Gasteiger charge is 2.25. The molecule has 30 heavy (non-hydrogen) atoms. The van der Waals surface area contributed by atoms with Crippen LogP contribution in [0.3, 0.4) is 0 Å². The normalized spacial score (nSPS) is 12.1. The number of rotatable bonds is 5. The number of carbonyl (C=O) groups excluding carboxylic acids is 1. The van der Waals surface area contributed by atoms with Gasteiger partial charge in [-0.05, 0) is 62.6 Å². The van der Waals surface area contributed by atoms with E-state index in [1.165, 1.54) is 11.8 Å². The Kier molecular flexibility index (Phi) is 5.55. The van der Waals surface area contributed by atoms with Crippen molar-refractivity contribution in [3.63, 3.8) is 0 Å². The van der Waals surface area contributed by atoms with Crippen molar-refractivity contribution in [2.75, 3.05) is 5.32 Å². The van der Waals surface area contributed by atoms with Crippen LogP contribution in [-0.4, -0.2) is 25.5 Å². The zero-order valence-electron chi connectivity index (χ0n) is 17.4. The van der Waals surface area contributed by atoms with Crippen LogP contribution < -0.4 is 5.32 Å². The van der Waals surface area contributed by atoms with Crippen molar-refractivity contribution < 1.29 is 4.79 Å². The summed E-state index contributed by atoms with van der Waals surface area (Å²) in [6, 6.07) is 17.7. The molecule has 2 heterocycles. The zero-order valence-corrected chi connectivity index (χ0v) is 18.2. The molecule has 152 valence electrons. The highest BCUT2D eigenvalue weighted by Crippen LogP contribution is 2.35. The van der Waals surface area contributed by atoms with Gasteiger partial charge in [-0.2, -0.15) is 4.98 Å². The summed E-state index contributed by atoms with van der Waals surface area (Å²) in [5.74, 6) is 0.424. The maximum absolute atomic E-state index is 13.3. The SMILES string of the molecule is Cc1cc(C)cc(NC(=O)[C@@H](Sc2nc3nc(C)cc(C)n3n2)c2ccccc2)c1. The van der Waals surface area contributed by atoms with Crippen LogP contribution >= 0.6 is 11.8 Å². The molecule has 0 aliphatic carbocycles. The fourth-order valence-corrected chi connectivity index (χ4v) is 4.39. The third-order valence-corrected chi connectivity index (χ3v) is 5.76. The Morgan fingerprint density at radius 3 is 2.37 bits per heavy atom. The van der Waals surface area contributed by atoms with E-state index in [1.54, 1.807) is 4.52 Å². The Labute approximate surface area is 179 Å². The Morgan fingerprint density at radius 2 is 1.67 bits per heavy atom. The number of hydrogen-bond acceptors (Lipinski definition) is 5. The summed E-state index contributed by atoms with van der Waals surface area (Å²) in [5, 5.41) is 7.64. The summed E-state index contributed by atoms with van der Waals surface area (Å²) in [6.45, 7) is 7.93. The predicted octanol–water partition coefficient (Wildman–Crippen LogP) is 4.83. The highest BCUT2D eigenvalue weighted by molar-refractivity contribution is 8.00. The van der Waals surface area contributed by atoms with Crippen LogP contribution in [-0.2, 0) is 4.79 Å². The molecule has 0 aliphatic heterocycles. The lowest BCUT2D eigenvalue weighted by Crippen LogP contribution is -2.19. The van der Waals surface area contributed by atoms with E-state index in [4.69, 9.17) is 0 Å². The lowest BCUT2D eigenvalue weighted by molar-refractivity contribution is -0.115. The number of amides is 1. The molecule has 7 heteroatoms. The molecule has 1 amide bonds. The van der Waals surface area contributed by atoms with Gasteiger partial charge in [0, 0.05) is 17.1 Å². The number of aryl methyl sites for hydroxylation is 4. The molecule has 0 fully saturated rings. The second-order valence-electron chi connectivity index (χ2n) is 7.42. The maximum Gasteiger partial charge on any atom is 0.253 e. The number of aromatic nitrogens is 4. The number of fused-ring (bicyclic) bond motifs is 1. The minimum Gasteiger partial charge on any atom is -0.325 e. The van der Waals surface area contributed by atoms with E-state index in [0.717, 1.165) is 33.8 Å². The van der Waals surface area contributed by atoms with Gasteiger partial charge in [0.25, 0.3) is 5.78 Å². The Bertz CT molecular complexity index is 1200. The molecule has 4 aromatic rings. The van der Waals surface area contributed by atoms with Crippen LogP contribution in [0.1, 0.15) is 33.3 Å². The largest absolute Gasteiger partial charge is 0.325 e. The lowest BCUT2D eigenvalue weighted by Gasteiger charge is -2.16. The van der Waals surface area contributed by atoms with Crippen LogP contribution in [0.15, 0.2) is 59.8 Å². The number of anilines is 1. The first-order chi connectivity index (χ1) is 14.4. The van der Waals surface area contributed by atoms with Gasteiger partial charge in [-0.15, -0.1) is 5.10 Å². The van der Waals surface area contributed by atoms with Crippen LogP contribution in [0.2, 0.25) is 0 Å². The summed E-state index contributed by atoms with van der Waals surface area (Å²) in [5.41, 5.74) is 5.73. The molecule has 0 bridgehead atoms. The number of nitrogens with one attached hydrogen (secondary N) is 1. The Morgan fingerprint density at radius 1 is 0.967 bits per heavy atom. The summed E-state index contributed by atoms with van der Waals surface area (Å²) < 4.78 is 1.71. The molecule has 0 saturated carbocycles. The van der Waals surface area contributed by atoms with Crippen molar-refractivity contribution >= 4 is 29.1 Å². The fourth-order valence-electron chi connectivity index (χ4n) is 3.46. The van der Waals surface area contributed by atoms with Crippen molar-refractivity contribution in [1.82, 2.24) is 19.6 Å². The van der Waals surface area contributed by atoms with Gasteiger partial charge >= 0.3 is 0 Å². The quantitative estimate of drug-likeness (QED) is 0.471. The molecule has 2 aromatic heterocycles. The predicted molar refractivity (Wildman–Crippen MR) is 120 cm³/mol. The molecule has 0 radical (unpaired) electrons. The van der Waals surface area contributed by atoms with Gasteiger partial charge in [0.15, 0.2) is 0 Å². The van der Waals surface area contributed by atoms with E-state index in [0.29, 0.717) is 10.9 Å². The zero-order chi connectivity index (χ0) is 21.3. The smallest absolute Gasteiger partial charge is 0.253 e. The summed E-state index contributed by atoms with van der Waals surface area (Å²) >= 11 is 1.32. The minimum absolute atomic E-state index is 0.115. The number of thioether (sulfide) groups is 1. The minimum atomic E-state index is -0.495. The van der Waals surface area contributed by atoms with Crippen LogP contribution in [0.5, 0.6) is 0 Å². The molecular formula is C23H23N5OS. The van der Waals surface area contributed by atoms with Crippen LogP contribution in [0, 0.1) is 27.7 Å². The first-order valence-electron chi connectivity index (χ1n) is 9.71. The average molecular weight is 418 g/mol. The molecule has 1 N–H and O–H groups in total. The third-order valence-electron chi connectivity index (χ3n) is 4.65. The number of nitrogens with zero attached hydrogens (tertiary/aromatic N) is 4. The molecule has 0 aliphatic rings. The monoisotopic (exact) mass is 417 g/mol. The number of hydrogen-bond donors (Lipinski definition) is 1. The first kappa shape index (κ1) is 20.1. The van der Waals surface area contributed by atoms with E-state index in [2.05, 4.69) is 26.4 Å². The van der Waals surface area contributed by atoms with E-state index in [1.807, 2.05) is 76.2 Å². The summed E-state index contributed by atoms with van der Waals surface area (Å²) in [7, 11) is 0. The Balaban J connectivity index is 1.66. The van der Waals surface area contributed by atoms with Crippen molar-refractivity contribution in [3.8, 4) is 0 Å². The van der Waals surface area contributed by atoms with E-state index in [-0.39, 0.29) is 5.91 Å². The summed E-state index contributed by atoms with van der Waals surface area (Å²) in [4.78, 5) is 22.3. The standard InChI is InChI=1S/C23H23N5OS/c1-14-10-15(2)12-19(11-14)25-21(29)20(18-8-6-5-7-9-18)30-23-26-22-24-16(3)13-17(4)28(22)27-23/h5-13,20H,1-4H3,(H,25,29)/t20-/m0/s1. The highest BCUT2D eigenvalue weighted by atomic mass is 32.2. The fraction of sp³-hybridized carbons (Fsp3) is 0.217. The lowest BCUT2D eigenvalue weighted by atomic mass is 10.1. The topological polar surface area (TPSA) is 72.2 Å². The molecule has 0 unspecified atom stereocenters.